The summed E-state index contributed by atoms with van der Waals surface area (Å²) in [7, 11) is 0. The maximum Gasteiger partial charge on any atom is 0.107 e. The monoisotopic (exact) mass is 227 g/mol. The number of aryl methyl sites for hydroxylation is 1. The molecule has 3 N–H and O–H groups in total. The van der Waals surface area contributed by atoms with Gasteiger partial charge in [0.2, 0.25) is 0 Å². The molecule has 0 amide bonds. The van der Waals surface area contributed by atoms with Gasteiger partial charge in [0, 0.05) is 23.7 Å². The predicted octanol–water partition coefficient (Wildman–Crippen LogP) is 2.06. The second kappa shape index (κ2) is 6.93. The molecule has 15 heavy (non-hydrogen) atoms. The highest BCUT2D eigenvalue weighted by Crippen LogP contribution is 2.10. The van der Waals surface area contributed by atoms with E-state index < -0.39 is 0 Å². The van der Waals surface area contributed by atoms with Gasteiger partial charge in [0.05, 0.1) is 0 Å². The highest BCUT2D eigenvalue weighted by molar-refractivity contribution is 7.11. The average molecular weight is 227 g/mol. The minimum atomic E-state index is 0.348. The number of hydrogen-bond donors (Lipinski definition) is 2. The SMILES string of the molecule is CCCC(N)CCNCc1ncc(C)s1. The summed E-state index contributed by atoms with van der Waals surface area (Å²) in [4.78, 5) is 5.57. The standard InChI is InChI=1S/C11H21N3S/c1-3-4-10(12)5-6-13-8-11-14-7-9(2)15-11/h7,10,13H,3-6,8,12H2,1-2H3. The van der Waals surface area contributed by atoms with Crippen LogP contribution in [-0.4, -0.2) is 17.6 Å². The molecular weight excluding hydrogens is 206 g/mol. The number of aromatic nitrogens is 1. The predicted molar refractivity (Wildman–Crippen MR) is 66.1 cm³/mol. The van der Waals surface area contributed by atoms with Crippen LogP contribution < -0.4 is 11.1 Å². The third kappa shape index (κ3) is 5.25. The summed E-state index contributed by atoms with van der Waals surface area (Å²) in [6, 6.07) is 0.348. The summed E-state index contributed by atoms with van der Waals surface area (Å²) in [5.41, 5.74) is 5.91. The number of nitrogens with one attached hydrogen (secondary N) is 1. The zero-order valence-corrected chi connectivity index (χ0v) is 10.4. The van der Waals surface area contributed by atoms with Crippen molar-refractivity contribution in [3.05, 3.63) is 16.1 Å². The Balaban J connectivity index is 2.06. The number of rotatable bonds is 7. The smallest absolute Gasteiger partial charge is 0.107 e. The lowest BCUT2D eigenvalue weighted by Crippen LogP contribution is -2.26. The highest BCUT2D eigenvalue weighted by Gasteiger charge is 2.01. The first-order valence-corrected chi connectivity index (χ1v) is 6.41. The quantitative estimate of drug-likeness (QED) is 0.701. The Bertz CT molecular complexity index is 273. The van der Waals surface area contributed by atoms with Crippen molar-refractivity contribution >= 4 is 11.3 Å². The molecule has 0 saturated carbocycles. The van der Waals surface area contributed by atoms with Gasteiger partial charge in [-0.3, -0.25) is 0 Å². The molecule has 1 rings (SSSR count). The Hall–Kier alpha value is -0.450. The Kier molecular flexibility index (Phi) is 5.83. The van der Waals surface area contributed by atoms with Gasteiger partial charge in [0.25, 0.3) is 0 Å². The van der Waals surface area contributed by atoms with Gasteiger partial charge in [0.15, 0.2) is 0 Å². The van der Waals surface area contributed by atoms with Crippen LogP contribution in [0.4, 0.5) is 0 Å². The molecule has 0 aliphatic rings. The van der Waals surface area contributed by atoms with Crippen LogP contribution in [0.15, 0.2) is 6.20 Å². The van der Waals surface area contributed by atoms with E-state index in [0.717, 1.165) is 30.9 Å². The fraction of sp³-hybridized carbons (Fsp3) is 0.727. The fourth-order valence-electron chi connectivity index (χ4n) is 1.48. The number of nitrogens with two attached hydrogens (primary N) is 1. The summed E-state index contributed by atoms with van der Waals surface area (Å²) >= 11 is 1.75. The number of nitrogens with zero attached hydrogens (tertiary/aromatic N) is 1. The molecule has 0 radical (unpaired) electrons. The number of thiazole rings is 1. The van der Waals surface area contributed by atoms with Crippen LogP contribution in [-0.2, 0) is 6.54 Å². The van der Waals surface area contributed by atoms with Gasteiger partial charge in [-0.1, -0.05) is 13.3 Å². The van der Waals surface area contributed by atoms with E-state index in [1.54, 1.807) is 11.3 Å². The van der Waals surface area contributed by atoms with Gasteiger partial charge >= 0.3 is 0 Å². The Morgan fingerprint density at radius 3 is 2.93 bits per heavy atom. The van der Waals surface area contributed by atoms with Gasteiger partial charge in [-0.2, -0.15) is 0 Å². The molecule has 0 aliphatic heterocycles. The molecule has 3 nitrogen and oxygen atoms in total. The summed E-state index contributed by atoms with van der Waals surface area (Å²) in [6.45, 7) is 6.11. The van der Waals surface area contributed by atoms with Crippen LogP contribution >= 0.6 is 11.3 Å². The second-order valence-corrected chi connectivity index (χ2v) is 5.20. The van der Waals surface area contributed by atoms with E-state index in [1.165, 1.54) is 11.3 Å². The first kappa shape index (κ1) is 12.6. The van der Waals surface area contributed by atoms with Gasteiger partial charge in [0.1, 0.15) is 5.01 Å². The summed E-state index contributed by atoms with van der Waals surface area (Å²) in [5.74, 6) is 0. The maximum absolute atomic E-state index is 5.91. The zero-order chi connectivity index (χ0) is 11.1. The number of hydrogen-bond acceptors (Lipinski definition) is 4. The molecule has 1 heterocycles. The molecule has 0 fully saturated rings. The highest BCUT2D eigenvalue weighted by atomic mass is 32.1. The Morgan fingerprint density at radius 2 is 2.33 bits per heavy atom. The normalized spacial score (nSPS) is 13.0. The lowest BCUT2D eigenvalue weighted by molar-refractivity contribution is 0.527. The molecule has 86 valence electrons. The maximum atomic E-state index is 5.91. The minimum absolute atomic E-state index is 0.348. The van der Waals surface area contributed by atoms with Crippen molar-refractivity contribution in [3.63, 3.8) is 0 Å². The van der Waals surface area contributed by atoms with Crippen molar-refractivity contribution in [2.45, 2.75) is 45.7 Å². The van der Waals surface area contributed by atoms with E-state index in [2.05, 4.69) is 24.1 Å². The van der Waals surface area contributed by atoms with Crippen molar-refractivity contribution in [1.29, 1.82) is 0 Å². The van der Waals surface area contributed by atoms with Crippen molar-refractivity contribution in [2.24, 2.45) is 5.73 Å². The van der Waals surface area contributed by atoms with Crippen LogP contribution in [0.5, 0.6) is 0 Å². The van der Waals surface area contributed by atoms with Gasteiger partial charge < -0.3 is 11.1 Å². The van der Waals surface area contributed by atoms with E-state index in [1.807, 2.05) is 6.20 Å². The molecule has 1 aromatic heterocycles. The van der Waals surface area contributed by atoms with Crippen LogP contribution in [0.3, 0.4) is 0 Å². The lowest BCUT2D eigenvalue weighted by atomic mass is 10.1. The van der Waals surface area contributed by atoms with Crippen molar-refractivity contribution in [3.8, 4) is 0 Å². The molecule has 1 unspecified atom stereocenters. The van der Waals surface area contributed by atoms with Crippen LogP contribution in [0.2, 0.25) is 0 Å². The van der Waals surface area contributed by atoms with Crippen LogP contribution in [0, 0.1) is 6.92 Å². The summed E-state index contributed by atoms with van der Waals surface area (Å²) in [6.07, 6.45) is 5.27. The van der Waals surface area contributed by atoms with Crippen molar-refractivity contribution in [1.82, 2.24) is 10.3 Å². The van der Waals surface area contributed by atoms with Gasteiger partial charge in [-0.05, 0) is 26.3 Å². The topological polar surface area (TPSA) is 50.9 Å². The van der Waals surface area contributed by atoms with E-state index in [9.17, 15) is 0 Å². The first-order chi connectivity index (χ1) is 7.22. The molecular formula is C11H21N3S. The summed E-state index contributed by atoms with van der Waals surface area (Å²) in [5, 5.41) is 4.54. The van der Waals surface area contributed by atoms with Crippen LogP contribution in [0.25, 0.3) is 0 Å². The van der Waals surface area contributed by atoms with E-state index in [0.29, 0.717) is 6.04 Å². The minimum Gasteiger partial charge on any atom is -0.328 e. The summed E-state index contributed by atoms with van der Waals surface area (Å²) < 4.78 is 0. The first-order valence-electron chi connectivity index (χ1n) is 5.60. The third-order valence-corrected chi connectivity index (χ3v) is 3.21. The van der Waals surface area contributed by atoms with Crippen molar-refractivity contribution in [2.75, 3.05) is 6.54 Å². The molecule has 1 atom stereocenters. The third-order valence-electron chi connectivity index (χ3n) is 2.30. The Morgan fingerprint density at radius 1 is 1.53 bits per heavy atom. The fourth-order valence-corrected chi connectivity index (χ4v) is 2.24. The van der Waals surface area contributed by atoms with Gasteiger partial charge in [-0.15, -0.1) is 11.3 Å². The average Bonchev–Trinajstić information content (AvgIpc) is 2.60. The largest absolute Gasteiger partial charge is 0.328 e. The second-order valence-electron chi connectivity index (χ2n) is 3.88. The molecule has 0 spiro atoms. The zero-order valence-electron chi connectivity index (χ0n) is 9.62. The molecule has 0 saturated heterocycles. The van der Waals surface area contributed by atoms with E-state index >= 15 is 0 Å². The molecule has 0 aliphatic carbocycles. The van der Waals surface area contributed by atoms with Crippen molar-refractivity contribution < 1.29 is 0 Å². The lowest BCUT2D eigenvalue weighted by Gasteiger charge is -2.09. The Labute approximate surface area is 96.1 Å². The molecule has 1 aromatic rings. The van der Waals surface area contributed by atoms with Gasteiger partial charge in [-0.25, -0.2) is 4.98 Å². The van der Waals surface area contributed by atoms with E-state index in [-0.39, 0.29) is 0 Å². The van der Waals surface area contributed by atoms with Crippen LogP contribution in [0.1, 0.15) is 36.1 Å². The molecule has 4 heteroatoms. The molecule has 0 bridgehead atoms. The van der Waals surface area contributed by atoms with E-state index in [4.69, 9.17) is 5.73 Å². The molecule has 0 aromatic carbocycles.